The third-order valence-corrected chi connectivity index (χ3v) is 3.51. The van der Waals surface area contributed by atoms with Crippen molar-refractivity contribution in [3.05, 3.63) is 28.4 Å². The summed E-state index contributed by atoms with van der Waals surface area (Å²) < 4.78 is 0. The van der Waals surface area contributed by atoms with E-state index < -0.39 is 22.9 Å². The van der Waals surface area contributed by atoms with Crippen LogP contribution in [0.2, 0.25) is 0 Å². The fourth-order valence-electron chi connectivity index (χ4n) is 2.32. The molecule has 0 aliphatic heterocycles. The second-order valence-corrected chi connectivity index (χ2v) is 4.77. The highest BCUT2D eigenvalue weighted by Crippen LogP contribution is 2.37. The molecule has 1 aliphatic rings. The molecule has 0 spiro atoms. The number of amides is 1. The topological polar surface area (TPSA) is 112 Å². The van der Waals surface area contributed by atoms with Crippen LogP contribution >= 0.6 is 0 Å². The number of nitrogens with zero attached hydrogens (tertiary/aromatic N) is 1. The van der Waals surface area contributed by atoms with Gasteiger partial charge in [-0.25, -0.2) is 4.98 Å². The van der Waals surface area contributed by atoms with Gasteiger partial charge in [0.25, 0.3) is 11.5 Å². The van der Waals surface area contributed by atoms with E-state index in [-0.39, 0.29) is 12.2 Å². The van der Waals surface area contributed by atoms with E-state index in [9.17, 15) is 19.5 Å². The van der Waals surface area contributed by atoms with Gasteiger partial charge in [-0.2, -0.15) is 0 Å². The minimum atomic E-state index is -0.875. The molecule has 102 valence electrons. The molecule has 1 amide bonds. The number of nitrogens with one attached hydrogen (secondary N) is 2. The van der Waals surface area contributed by atoms with Crippen LogP contribution in [0.4, 0.5) is 0 Å². The summed E-state index contributed by atoms with van der Waals surface area (Å²) in [4.78, 5) is 39.9. The summed E-state index contributed by atoms with van der Waals surface area (Å²) in [6.45, 7) is 0.0853. The number of aromatic nitrogens is 2. The summed E-state index contributed by atoms with van der Waals surface area (Å²) in [6, 6.07) is 0. The molecule has 0 bridgehead atoms. The minimum absolute atomic E-state index is 0.0677. The molecule has 0 radical (unpaired) electrons. The first-order chi connectivity index (χ1) is 9.03. The second kappa shape index (κ2) is 5.21. The molecule has 7 heteroatoms. The molecule has 1 aromatic heterocycles. The first kappa shape index (κ1) is 13.3. The van der Waals surface area contributed by atoms with E-state index >= 15 is 0 Å². The monoisotopic (exact) mass is 265 g/mol. The van der Waals surface area contributed by atoms with Crippen molar-refractivity contribution in [3.8, 4) is 0 Å². The van der Waals surface area contributed by atoms with Crippen LogP contribution in [0.3, 0.4) is 0 Å². The predicted octanol–water partition coefficient (Wildman–Crippen LogP) is 0.145. The Morgan fingerprint density at radius 3 is 2.63 bits per heavy atom. The van der Waals surface area contributed by atoms with E-state index in [1.807, 2.05) is 0 Å². The van der Waals surface area contributed by atoms with Crippen molar-refractivity contribution in [2.45, 2.75) is 25.7 Å². The van der Waals surface area contributed by atoms with Crippen molar-refractivity contribution in [2.24, 2.45) is 5.41 Å². The Hall–Kier alpha value is -2.18. The van der Waals surface area contributed by atoms with Crippen molar-refractivity contribution < 1.29 is 14.7 Å². The third kappa shape index (κ3) is 2.81. The van der Waals surface area contributed by atoms with E-state index in [1.165, 1.54) is 6.20 Å². The van der Waals surface area contributed by atoms with Crippen molar-refractivity contribution in [1.82, 2.24) is 15.3 Å². The zero-order valence-electron chi connectivity index (χ0n) is 10.3. The van der Waals surface area contributed by atoms with E-state index in [0.29, 0.717) is 12.8 Å². The largest absolute Gasteiger partial charge is 0.481 e. The van der Waals surface area contributed by atoms with Gasteiger partial charge >= 0.3 is 5.97 Å². The molecule has 1 aromatic rings. The Labute approximate surface area is 109 Å². The third-order valence-electron chi connectivity index (χ3n) is 3.51. The van der Waals surface area contributed by atoms with Crippen molar-refractivity contribution >= 4 is 11.9 Å². The summed E-state index contributed by atoms with van der Waals surface area (Å²) in [6.07, 6.45) is 5.08. The van der Waals surface area contributed by atoms with Gasteiger partial charge in [-0.1, -0.05) is 12.8 Å². The first-order valence-electron chi connectivity index (χ1n) is 6.10. The van der Waals surface area contributed by atoms with Crippen LogP contribution in [-0.2, 0) is 4.79 Å². The van der Waals surface area contributed by atoms with Crippen LogP contribution in [-0.4, -0.2) is 33.5 Å². The van der Waals surface area contributed by atoms with Gasteiger partial charge in [-0.05, 0) is 12.8 Å². The molecule has 1 heterocycles. The quantitative estimate of drug-likeness (QED) is 0.717. The molecule has 3 N–H and O–H groups in total. The highest BCUT2D eigenvalue weighted by molar-refractivity contribution is 5.92. The van der Waals surface area contributed by atoms with Crippen LogP contribution in [0, 0.1) is 5.41 Å². The molecule has 0 atom stereocenters. The molecule has 1 fully saturated rings. The van der Waals surface area contributed by atoms with Gasteiger partial charge in [-0.15, -0.1) is 0 Å². The molecule has 0 saturated heterocycles. The molecular formula is C12H15N3O4. The summed E-state index contributed by atoms with van der Waals surface area (Å²) in [7, 11) is 0. The van der Waals surface area contributed by atoms with E-state index in [1.54, 1.807) is 0 Å². The molecule has 19 heavy (non-hydrogen) atoms. The zero-order chi connectivity index (χ0) is 13.9. The van der Waals surface area contributed by atoms with Crippen LogP contribution in [0.1, 0.15) is 36.2 Å². The minimum Gasteiger partial charge on any atom is -0.481 e. The number of aliphatic carboxylic acids is 1. The van der Waals surface area contributed by atoms with Gasteiger partial charge in [0.05, 0.1) is 11.6 Å². The highest BCUT2D eigenvalue weighted by atomic mass is 16.4. The number of H-pyrrole nitrogens is 1. The van der Waals surface area contributed by atoms with E-state index in [2.05, 4.69) is 15.3 Å². The number of rotatable bonds is 4. The summed E-state index contributed by atoms with van der Waals surface area (Å²) in [5.41, 5.74) is -1.19. The SMILES string of the molecule is O=C(NCC1(C(=O)O)CCCC1)c1c[nH]c(=O)cn1. The molecule has 2 rings (SSSR count). The smallest absolute Gasteiger partial charge is 0.311 e. The number of carbonyl (C=O) groups excluding carboxylic acids is 1. The maximum Gasteiger partial charge on any atom is 0.311 e. The highest BCUT2D eigenvalue weighted by Gasteiger charge is 2.41. The molecule has 7 nitrogen and oxygen atoms in total. The number of carboxylic acids is 1. The van der Waals surface area contributed by atoms with Crippen LogP contribution in [0.25, 0.3) is 0 Å². The van der Waals surface area contributed by atoms with Gasteiger partial charge < -0.3 is 15.4 Å². The number of hydrogen-bond donors (Lipinski definition) is 3. The van der Waals surface area contributed by atoms with Gasteiger partial charge in [-0.3, -0.25) is 14.4 Å². The average Bonchev–Trinajstić information content (AvgIpc) is 2.87. The lowest BCUT2D eigenvalue weighted by Crippen LogP contribution is -2.41. The van der Waals surface area contributed by atoms with Gasteiger partial charge in [0.2, 0.25) is 0 Å². The maximum atomic E-state index is 11.8. The van der Waals surface area contributed by atoms with Crippen LogP contribution in [0.15, 0.2) is 17.2 Å². The average molecular weight is 265 g/mol. The Balaban J connectivity index is 2.01. The molecule has 1 saturated carbocycles. The predicted molar refractivity (Wildman–Crippen MR) is 65.7 cm³/mol. The molecular weight excluding hydrogens is 250 g/mol. The second-order valence-electron chi connectivity index (χ2n) is 4.77. The van der Waals surface area contributed by atoms with E-state index in [0.717, 1.165) is 19.0 Å². The number of hydrogen-bond acceptors (Lipinski definition) is 4. The molecule has 0 unspecified atom stereocenters. The lowest BCUT2D eigenvalue weighted by atomic mass is 9.86. The van der Waals surface area contributed by atoms with Crippen molar-refractivity contribution in [3.63, 3.8) is 0 Å². The van der Waals surface area contributed by atoms with Crippen molar-refractivity contribution in [2.75, 3.05) is 6.54 Å². The van der Waals surface area contributed by atoms with Gasteiger partial charge in [0, 0.05) is 12.7 Å². The fourth-order valence-corrected chi connectivity index (χ4v) is 2.32. The fraction of sp³-hybridized carbons (Fsp3) is 0.500. The van der Waals surface area contributed by atoms with Crippen LogP contribution < -0.4 is 10.9 Å². The summed E-state index contributed by atoms with van der Waals surface area (Å²) in [5.74, 6) is -1.36. The van der Waals surface area contributed by atoms with Crippen molar-refractivity contribution in [1.29, 1.82) is 0 Å². The Bertz CT molecular complexity index is 526. The molecule has 0 aromatic carbocycles. The maximum absolute atomic E-state index is 11.8. The number of carbonyl (C=O) groups is 2. The molecule has 1 aliphatic carbocycles. The Kier molecular flexibility index (Phi) is 3.64. The zero-order valence-corrected chi connectivity index (χ0v) is 10.3. The van der Waals surface area contributed by atoms with Gasteiger partial charge in [0.1, 0.15) is 5.69 Å². The first-order valence-corrected chi connectivity index (χ1v) is 6.10. The summed E-state index contributed by atoms with van der Waals surface area (Å²) in [5, 5.41) is 11.8. The number of aromatic amines is 1. The summed E-state index contributed by atoms with van der Waals surface area (Å²) >= 11 is 0. The van der Waals surface area contributed by atoms with Crippen LogP contribution in [0.5, 0.6) is 0 Å². The normalized spacial score (nSPS) is 17.1. The lowest BCUT2D eigenvalue weighted by molar-refractivity contribution is -0.148. The Morgan fingerprint density at radius 1 is 1.42 bits per heavy atom. The standard InChI is InChI=1S/C12H15N3O4/c16-9-6-13-8(5-14-9)10(17)15-7-12(11(18)19)3-1-2-4-12/h5-6H,1-4,7H2,(H,14,16)(H,15,17)(H,18,19). The van der Waals surface area contributed by atoms with Gasteiger partial charge in [0.15, 0.2) is 0 Å². The Morgan fingerprint density at radius 2 is 2.11 bits per heavy atom. The lowest BCUT2D eigenvalue weighted by Gasteiger charge is -2.23. The number of carboxylic acid groups (broad SMARTS) is 1. The van der Waals surface area contributed by atoms with E-state index in [4.69, 9.17) is 0 Å².